The molecule has 3 aliphatic carbocycles. The van der Waals surface area contributed by atoms with E-state index in [0.29, 0.717) is 29.9 Å². The molecule has 3 atom stereocenters. The molecule has 0 saturated carbocycles. The first-order valence-corrected chi connectivity index (χ1v) is 11.8. The van der Waals surface area contributed by atoms with Gasteiger partial charge in [-0.3, -0.25) is 9.59 Å². The predicted molar refractivity (Wildman–Crippen MR) is 127 cm³/mol. The number of ketones is 2. The van der Waals surface area contributed by atoms with E-state index in [9.17, 15) is 30.0 Å². The summed E-state index contributed by atoms with van der Waals surface area (Å²) in [5.41, 5.74) is -0.116. The van der Waals surface area contributed by atoms with Crippen molar-refractivity contribution in [3.8, 4) is 17.1 Å². The molecule has 1 heterocycles. The van der Waals surface area contributed by atoms with E-state index in [1.54, 1.807) is 12.3 Å². The van der Waals surface area contributed by atoms with Crippen molar-refractivity contribution in [2.24, 2.45) is 11.8 Å². The number of phenolic OH excluding ortho intramolecular Hbond substituents is 1. The number of hydrogen-bond acceptors (Lipinski definition) is 8. The Morgan fingerprint density at radius 2 is 1.89 bits per heavy atom. The number of carbonyl (C=O) groups is 2. The van der Waals surface area contributed by atoms with E-state index in [0.717, 1.165) is 5.56 Å². The fourth-order valence-electron chi connectivity index (χ4n) is 5.75. The van der Waals surface area contributed by atoms with Gasteiger partial charge in [0.05, 0.1) is 17.6 Å². The summed E-state index contributed by atoms with van der Waals surface area (Å²) in [5.74, 6) is -3.10. The molecule has 3 aliphatic rings. The van der Waals surface area contributed by atoms with Crippen LogP contribution in [0.3, 0.4) is 0 Å². The van der Waals surface area contributed by atoms with Crippen LogP contribution in [0.15, 0.2) is 51.5 Å². The van der Waals surface area contributed by atoms with Gasteiger partial charge in [0.1, 0.15) is 17.3 Å². The molecule has 2 aromatic rings. The highest BCUT2D eigenvalue weighted by Crippen LogP contribution is 2.52. The highest BCUT2D eigenvalue weighted by Gasteiger charge is 2.58. The number of Topliss-reactive ketones (excluding diaryl/α,β-unsaturated/α-hetero) is 2. The fourth-order valence-corrected chi connectivity index (χ4v) is 5.75. The van der Waals surface area contributed by atoms with E-state index in [-0.39, 0.29) is 47.1 Å². The zero-order valence-corrected chi connectivity index (χ0v) is 19.9. The van der Waals surface area contributed by atoms with E-state index >= 15 is 0 Å². The molecule has 0 fully saturated rings. The lowest BCUT2D eigenvalue weighted by Gasteiger charge is -2.45. The van der Waals surface area contributed by atoms with Gasteiger partial charge in [0.2, 0.25) is 5.78 Å². The number of furan rings is 1. The molecule has 0 spiro atoms. The number of carbonyl (C=O) groups excluding carboxylic acids is 2. The summed E-state index contributed by atoms with van der Waals surface area (Å²) in [4.78, 5) is 26.6. The van der Waals surface area contributed by atoms with Gasteiger partial charge in [-0.2, -0.15) is 0 Å². The second-order valence-corrected chi connectivity index (χ2v) is 10.1. The summed E-state index contributed by atoms with van der Waals surface area (Å²) in [6, 6.07) is 5.26. The number of allylic oxidation sites excluding steroid dienone is 2. The third-order valence-electron chi connectivity index (χ3n) is 7.65. The van der Waals surface area contributed by atoms with Crippen molar-refractivity contribution in [1.29, 1.82) is 0 Å². The van der Waals surface area contributed by atoms with Gasteiger partial charge in [-0.1, -0.05) is 13.8 Å². The quantitative estimate of drug-likeness (QED) is 0.445. The fraction of sp³-hybridized carbons (Fsp3) is 0.407. The number of phenols is 1. The smallest absolute Gasteiger partial charge is 0.201 e. The molecule has 184 valence electrons. The number of benzene rings is 1. The molecule has 35 heavy (non-hydrogen) atoms. The van der Waals surface area contributed by atoms with Crippen LogP contribution in [0.5, 0.6) is 5.75 Å². The van der Waals surface area contributed by atoms with E-state index in [4.69, 9.17) is 4.42 Å². The lowest BCUT2D eigenvalue weighted by molar-refractivity contribution is -0.142. The molecule has 0 amide bonds. The number of rotatable bonds is 4. The first kappa shape index (κ1) is 23.4. The largest absolute Gasteiger partial charge is 0.512 e. The third kappa shape index (κ3) is 3.35. The average Bonchev–Trinajstić information content (AvgIpc) is 3.27. The SMILES string of the molecule is CC1=C(O)C[C@@H]2CC3Cc4c(-c5occc5CNC(C)C)ccc(O)c4C(=O)C3=C(O)[C@]2(O)C1=O. The predicted octanol–water partition coefficient (Wildman–Crippen LogP) is 3.87. The molecule has 5 rings (SSSR count). The molecule has 0 saturated heterocycles. The Hall–Kier alpha value is -3.36. The van der Waals surface area contributed by atoms with Crippen LogP contribution in [0.25, 0.3) is 11.3 Å². The molecule has 1 unspecified atom stereocenters. The monoisotopic (exact) mass is 479 g/mol. The van der Waals surface area contributed by atoms with Crippen molar-refractivity contribution in [2.45, 2.75) is 58.2 Å². The molecule has 0 radical (unpaired) electrons. The lowest BCUT2D eigenvalue weighted by Crippen LogP contribution is -2.55. The van der Waals surface area contributed by atoms with Crippen LogP contribution in [-0.4, -0.2) is 43.6 Å². The van der Waals surface area contributed by atoms with Crippen LogP contribution < -0.4 is 5.32 Å². The van der Waals surface area contributed by atoms with E-state index < -0.39 is 34.8 Å². The zero-order chi connectivity index (χ0) is 25.2. The number of aliphatic hydroxyl groups is 3. The maximum Gasteiger partial charge on any atom is 0.201 e. The zero-order valence-electron chi connectivity index (χ0n) is 19.9. The Balaban J connectivity index is 1.64. The minimum Gasteiger partial charge on any atom is -0.512 e. The molecule has 8 nitrogen and oxygen atoms in total. The topological polar surface area (TPSA) is 140 Å². The summed E-state index contributed by atoms with van der Waals surface area (Å²) in [5, 5.41) is 46.7. The van der Waals surface area contributed by atoms with Crippen molar-refractivity contribution in [2.75, 3.05) is 0 Å². The molecular formula is C27H29NO7. The third-order valence-corrected chi connectivity index (χ3v) is 7.65. The Morgan fingerprint density at radius 1 is 1.14 bits per heavy atom. The van der Waals surface area contributed by atoms with Gasteiger partial charge in [0.15, 0.2) is 11.4 Å². The maximum atomic E-state index is 13.7. The van der Waals surface area contributed by atoms with Gasteiger partial charge in [-0.15, -0.1) is 0 Å². The minimum atomic E-state index is -2.26. The Labute approximate surface area is 202 Å². The number of aliphatic hydroxyl groups excluding tert-OH is 2. The average molecular weight is 480 g/mol. The molecular weight excluding hydrogens is 450 g/mol. The Kier molecular flexibility index (Phi) is 5.41. The second-order valence-electron chi connectivity index (χ2n) is 10.1. The van der Waals surface area contributed by atoms with E-state index in [1.807, 2.05) is 19.9 Å². The first-order chi connectivity index (χ1) is 16.6. The summed E-state index contributed by atoms with van der Waals surface area (Å²) < 4.78 is 5.81. The van der Waals surface area contributed by atoms with Crippen molar-refractivity contribution in [3.63, 3.8) is 0 Å². The molecule has 8 heteroatoms. The molecule has 1 aromatic carbocycles. The van der Waals surface area contributed by atoms with Crippen LogP contribution in [0, 0.1) is 11.8 Å². The Morgan fingerprint density at radius 3 is 2.60 bits per heavy atom. The number of hydrogen-bond donors (Lipinski definition) is 5. The van der Waals surface area contributed by atoms with Gasteiger partial charge in [-0.05, 0) is 49.4 Å². The maximum absolute atomic E-state index is 13.7. The molecule has 5 N–H and O–H groups in total. The van der Waals surface area contributed by atoms with E-state index in [2.05, 4.69) is 5.32 Å². The second kappa shape index (κ2) is 8.10. The van der Waals surface area contributed by atoms with Crippen molar-refractivity contribution >= 4 is 11.6 Å². The van der Waals surface area contributed by atoms with Crippen LogP contribution >= 0.6 is 0 Å². The van der Waals surface area contributed by atoms with E-state index in [1.165, 1.54) is 13.0 Å². The first-order valence-electron chi connectivity index (χ1n) is 11.8. The van der Waals surface area contributed by atoms with Crippen LogP contribution in [0.1, 0.15) is 55.1 Å². The molecule has 1 aromatic heterocycles. The molecule has 0 aliphatic heterocycles. The summed E-state index contributed by atoms with van der Waals surface area (Å²) in [6.07, 6.45) is 2.13. The van der Waals surface area contributed by atoms with Crippen LogP contribution in [0.2, 0.25) is 0 Å². The van der Waals surface area contributed by atoms with Crippen molar-refractivity contribution < 1.29 is 34.4 Å². The van der Waals surface area contributed by atoms with Gasteiger partial charge in [0, 0.05) is 47.2 Å². The Bertz CT molecular complexity index is 1310. The number of aromatic hydroxyl groups is 1. The van der Waals surface area contributed by atoms with Crippen molar-refractivity contribution in [1.82, 2.24) is 5.32 Å². The van der Waals surface area contributed by atoms with Gasteiger partial charge in [-0.25, -0.2) is 0 Å². The number of fused-ring (bicyclic) bond motifs is 3. The van der Waals surface area contributed by atoms with Gasteiger partial charge >= 0.3 is 0 Å². The highest BCUT2D eigenvalue weighted by molar-refractivity contribution is 6.16. The van der Waals surface area contributed by atoms with Crippen molar-refractivity contribution in [3.05, 3.63) is 63.8 Å². The normalized spacial score (nSPS) is 26.2. The summed E-state index contributed by atoms with van der Waals surface area (Å²) in [7, 11) is 0. The highest BCUT2D eigenvalue weighted by atomic mass is 16.3. The number of nitrogens with one attached hydrogen (secondary N) is 1. The van der Waals surface area contributed by atoms with Crippen LogP contribution in [-0.2, 0) is 17.8 Å². The van der Waals surface area contributed by atoms with Gasteiger partial charge < -0.3 is 30.2 Å². The summed E-state index contributed by atoms with van der Waals surface area (Å²) in [6.45, 7) is 6.03. The minimum absolute atomic E-state index is 0.0245. The summed E-state index contributed by atoms with van der Waals surface area (Å²) >= 11 is 0. The van der Waals surface area contributed by atoms with Gasteiger partial charge in [0.25, 0.3) is 0 Å². The van der Waals surface area contributed by atoms with Crippen LogP contribution in [0.4, 0.5) is 0 Å². The standard InChI is InChI=1S/C27H29NO7/c1-12(2)28-11-14-6-7-35-24(14)17-4-5-19(29)22-18(17)9-15-8-16-10-20(30)13(3)25(32)27(16,34)26(33)21(15)23(22)31/h4-7,12,15-16,28-30,33-34H,8-11H2,1-3H3/t15?,16-,27+/m0/s1. The lowest BCUT2D eigenvalue weighted by atomic mass is 9.60. The molecule has 0 bridgehead atoms.